The van der Waals surface area contributed by atoms with Crippen LogP contribution in [-0.4, -0.2) is 29.9 Å². The highest BCUT2D eigenvalue weighted by Crippen LogP contribution is 2.30. The molecular formula is C12H22N2O. The minimum Gasteiger partial charge on any atom is -0.341 e. The number of amides is 1. The minimum atomic E-state index is 0.194. The number of rotatable bonds is 2. The summed E-state index contributed by atoms with van der Waals surface area (Å²) in [6.45, 7) is 3.87. The van der Waals surface area contributed by atoms with Crippen molar-refractivity contribution in [1.82, 2.24) is 4.90 Å². The van der Waals surface area contributed by atoms with Crippen LogP contribution in [0.3, 0.4) is 0 Å². The molecule has 0 radical (unpaired) electrons. The Morgan fingerprint density at radius 1 is 1.40 bits per heavy atom. The maximum Gasteiger partial charge on any atom is 0.222 e. The average Bonchev–Trinajstić information content (AvgIpc) is 2.09. The molecule has 2 rings (SSSR count). The first-order valence-corrected chi connectivity index (χ1v) is 6.18. The van der Waals surface area contributed by atoms with Gasteiger partial charge in [-0.3, -0.25) is 4.79 Å². The number of nitrogens with zero attached hydrogens (tertiary/aromatic N) is 1. The van der Waals surface area contributed by atoms with Crippen molar-refractivity contribution in [3.05, 3.63) is 0 Å². The third kappa shape index (κ3) is 2.71. The molecule has 0 bridgehead atoms. The smallest absolute Gasteiger partial charge is 0.222 e. The van der Waals surface area contributed by atoms with Gasteiger partial charge in [-0.2, -0.15) is 0 Å². The first kappa shape index (κ1) is 10.9. The van der Waals surface area contributed by atoms with Crippen molar-refractivity contribution in [3.63, 3.8) is 0 Å². The van der Waals surface area contributed by atoms with Crippen LogP contribution in [0.1, 0.15) is 39.0 Å². The average molecular weight is 210 g/mol. The van der Waals surface area contributed by atoms with Crippen LogP contribution < -0.4 is 5.73 Å². The predicted molar refractivity (Wildman–Crippen MR) is 60.3 cm³/mol. The quantitative estimate of drug-likeness (QED) is 0.748. The van der Waals surface area contributed by atoms with Gasteiger partial charge in [-0.1, -0.05) is 13.3 Å². The molecule has 0 spiro atoms. The van der Waals surface area contributed by atoms with Crippen LogP contribution >= 0.6 is 0 Å². The lowest BCUT2D eigenvalue weighted by molar-refractivity contribution is -0.134. The van der Waals surface area contributed by atoms with Gasteiger partial charge < -0.3 is 10.6 Å². The van der Waals surface area contributed by atoms with Crippen molar-refractivity contribution in [3.8, 4) is 0 Å². The summed E-state index contributed by atoms with van der Waals surface area (Å²) < 4.78 is 0. The second kappa shape index (κ2) is 4.52. The van der Waals surface area contributed by atoms with Gasteiger partial charge in [0.25, 0.3) is 0 Å². The Kier molecular flexibility index (Phi) is 3.29. The van der Waals surface area contributed by atoms with E-state index in [2.05, 4.69) is 6.92 Å². The molecule has 2 aliphatic rings. The van der Waals surface area contributed by atoms with Gasteiger partial charge in [0.05, 0.1) is 0 Å². The molecule has 1 saturated heterocycles. The van der Waals surface area contributed by atoms with Gasteiger partial charge in [0, 0.05) is 25.6 Å². The number of hydrogen-bond acceptors (Lipinski definition) is 2. The molecule has 0 aromatic carbocycles. The maximum absolute atomic E-state index is 12.0. The Hall–Kier alpha value is -0.570. The van der Waals surface area contributed by atoms with Crippen molar-refractivity contribution in [2.24, 2.45) is 17.6 Å². The van der Waals surface area contributed by atoms with E-state index in [1.165, 1.54) is 19.3 Å². The molecule has 2 atom stereocenters. The lowest BCUT2D eigenvalue weighted by atomic mass is 9.82. The van der Waals surface area contributed by atoms with Crippen LogP contribution in [0.5, 0.6) is 0 Å². The van der Waals surface area contributed by atoms with Gasteiger partial charge in [-0.25, -0.2) is 0 Å². The molecule has 3 heteroatoms. The Morgan fingerprint density at radius 3 is 2.67 bits per heavy atom. The number of likely N-dealkylation sites (tertiary alicyclic amines) is 1. The van der Waals surface area contributed by atoms with Gasteiger partial charge in [-0.05, 0) is 31.1 Å². The number of hydrogen-bond donors (Lipinski definition) is 1. The summed E-state index contributed by atoms with van der Waals surface area (Å²) in [6, 6.07) is 0.194. The second-order valence-electron chi connectivity index (χ2n) is 5.40. The fourth-order valence-electron chi connectivity index (χ4n) is 2.68. The van der Waals surface area contributed by atoms with Crippen LogP contribution in [0.25, 0.3) is 0 Å². The van der Waals surface area contributed by atoms with Gasteiger partial charge in [0.1, 0.15) is 0 Å². The third-order valence-corrected chi connectivity index (χ3v) is 3.73. The number of carbonyl (C=O) groups excluding carboxylic acids is 1. The summed E-state index contributed by atoms with van der Waals surface area (Å²) in [4.78, 5) is 13.9. The number of carbonyl (C=O) groups is 1. The molecule has 15 heavy (non-hydrogen) atoms. The van der Waals surface area contributed by atoms with E-state index in [1.54, 1.807) is 0 Å². The summed E-state index contributed by atoms with van der Waals surface area (Å²) in [5.41, 5.74) is 5.94. The molecule has 0 aromatic heterocycles. The zero-order valence-electron chi connectivity index (χ0n) is 9.61. The monoisotopic (exact) mass is 210 g/mol. The van der Waals surface area contributed by atoms with E-state index in [9.17, 15) is 4.79 Å². The number of piperidine rings is 1. The fourth-order valence-corrected chi connectivity index (χ4v) is 2.68. The van der Waals surface area contributed by atoms with Crippen molar-refractivity contribution < 1.29 is 4.79 Å². The highest BCUT2D eigenvalue weighted by Gasteiger charge is 2.28. The lowest BCUT2D eigenvalue weighted by Crippen LogP contribution is -2.49. The van der Waals surface area contributed by atoms with Crippen LogP contribution in [-0.2, 0) is 4.79 Å². The van der Waals surface area contributed by atoms with Crippen LogP contribution in [0, 0.1) is 11.8 Å². The predicted octanol–water partition coefficient (Wildman–Crippen LogP) is 1.37. The van der Waals surface area contributed by atoms with E-state index in [4.69, 9.17) is 5.73 Å². The molecule has 2 unspecified atom stereocenters. The standard InChI is InChI=1S/C12H22N2O/c1-9-5-11(13)8-14(7-9)12(15)6-10-3-2-4-10/h9-11H,2-8,13H2,1H3. The first-order valence-electron chi connectivity index (χ1n) is 6.18. The molecule has 3 nitrogen and oxygen atoms in total. The third-order valence-electron chi connectivity index (χ3n) is 3.73. The topological polar surface area (TPSA) is 46.3 Å². The lowest BCUT2D eigenvalue weighted by Gasteiger charge is -2.36. The highest BCUT2D eigenvalue weighted by molar-refractivity contribution is 5.76. The largest absolute Gasteiger partial charge is 0.341 e. The molecule has 1 heterocycles. The van der Waals surface area contributed by atoms with E-state index >= 15 is 0 Å². The Morgan fingerprint density at radius 2 is 2.13 bits per heavy atom. The van der Waals surface area contributed by atoms with Gasteiger partial charge >= 0.3 is 0 Å². The van der Waals surface area contributed by atoms with Crippen molar-refractivity contribution in [1.29, 1.82) is 0 Å². The SMILES string of the molecule is CC1CC(N)CN(C(=O)CC2CCC2)C1. The fraction of sp³-hybridized carbons (Fsp3) is 0.917. The number of nitrogens with two attached hydrogens (primary N) is 1. The van der Waals surface area contributed by atoms with Crippen LogP contribution in [0.4, 0.5) is 0 Å². The van der Waals surface area contributed by atoms with Gasteiger partial charge in [0.2, 0.25) is 5.91 Å². The van der Waals surface area contributed by atoms with Crippen molar-refractivity contribution >= 4 is 5.91 Å². The Balaban J connectivity index is 1.82. The molecule has 86 valence electrons. The first-order chi connectivity index (χ1) is 7.15. The summed E-state index contributed by atoms with van der Waals surface area (Å²) in [5, 5.41) is 0. The van der Waals surface area contributed by atoms with E-state index in [-0.39, 0.29) is 6.04 Å². The summed E-state index contributed by atoms with van der Waals surface area (Å²) in [5.74, 6) is 1.58. The van der Waals surface area contributed by atoms with E-state index in [0.29, 0.717) is 17.7 Å². The second-order valence-corrected chi connectivity index (χ2v) is 5.40. The van der Waals surface area contributed by atoms with Crippen LogP contribution in [0.2, 0.25) is 0 Å². The molecule has 1 amide bonds. The van der Waals surface area contributed by atoms with Crippen molar-refractivity contribution in [2.45, 2.75) is 45.1 Å². The zero-order chi connectivity index (χ0) is 10.8. The molecule has 1 saturated carbocycles. The van der Waals surface area contributed by atoms with Gasteiger partial charge in [-0.15, -0.1) is 0 Å². The summed E-state index contributed by atoms with van der Waals surface area (Å²) >= 11 is 0. The summed E-state index contributed by atoms with van der Waals surface area (Å²) in [6.07, 6.45) is 5.64. The van der Waals surface area contributed by atoms with Gasteiger partial charge in [0.15, 0.2) is 0 Å². The molecule has 2 fully saturated rings. The maximum atomic E-state index is 12.0. The molecule has 1 aliphatic carbocycles. The molecular weight excluding hydrogens is 188 g/mol. The molecule has 2 N–H and O–H groups in total. The Labute approximate surface area is 92.0 Å². The molecule has 1 aliphatic heterocycles. The minimum absolute atomic E-state index is 0.194. The van der Waals surface area contributed by atoms with E-state index in [1.807, 2.05) is 4.90 Å². The van der Waals surface area contributed by atoms with Crippen LogP contribution in [0.15, 0.2) is 0 Å². The highest BCUT2D eigenvalue weighted by atomic mass is 16.2. The zero-order valence-corrected chi connectivity index (χ0v) is 9.61. The van der Waals surface area contributed by atoms with E-state index in [0.717, 1.165) is 25.9 Å². The van der Waals surface area contributed by atoms with Crippen molar-refractivity contribution in [2.75, 3.05) is 13.1 Å². The van der Waals surface area contributed by atoms with E-state index < -0.39 is 0 Å². The normalized spacial score (nSPS) is 32.5. The summed E-state index contributed by atoms with van der Waals surface area (Å²) in [7, 11) is 0. The molecule has 0 aromatic rings. The Bertz CT molecular complexity index is 228.